The summed E-state index contributed by atoms with van der Waals surface area (Å²) in [5.41, 5.74) is 7.74. The number of hydrogen-bond donors (Lipinski definition) is 2. The van der Waals surface area contributed by atoms with E-state index in [4.69, 9.17) is 20.3 Å². The molecule has 1 saturated heterocycles. The van der Waals surface area contributed by atoms with Crippen molar-refractivity contribution in [3.8, 4) is 0 Å². The molecule has 2 rings (SSSR count). The average molecular weight is 293 g/mol. The average Bonchev–Trinajstić information content (AvgIpc) is 2.98. The lowest BCUT2D eigenvalue weighted by molar-refractivity contribution is -0.138. The van der Waals surface area contributed by atoms with Gasteiger partial charge < -0.3 is 20.3 Å². The van der Waals surface area contributed by atoms with Gasteiger partial charge in [0.15, 0.2) is 6.29 Å². The Balaban J connectivity index is 1.68. The van der Waals surface area contributed by atoms with Crippen molar-refractivity contribution >= 4 is 5.97 Å². The molecule has 1 atom stereocenters. The van der Waals surface area contributed by atoms with E-state index in [2.05, 4.69) is 0 Å². The number of aryl methyl sites for hydroxylation is 1. The minimum Gasteiger partial charge on any atom is -0.480 e. The molecule has 1 aromatic carbocycles. The zero-order valence-corrected chi connectivity index (χ0v) is 12.2. The number of hydrogen-bond acceptors (Lipinski definition) is 4. The van der Waals surface area contributed by atoms with Gasteiger partial charge >= 0.3 is 5.97 Å². The van der Waals surface area contributed by atoms with Crippen LogP contribution in [0.2, 0.25) is 0 Å². The van der Waals surface area contributed by atoms with Crippen molar-refractivity contribution in [2.75, 3.05) is 13.2 Å². The van der Waals surface area contributed by atoms with Crippen LogP contribution in [-0.2, 0) is 27.1 Å². The number of carbonyl (C=O) groups is 1. The summed E-state index contributed by atoms with van der Waals surface area (Å²) in [6.45, 7) is 1.43. The maximum Gasteiger partial charge on any atom is 0.320 e. The highest BCUT2D eigenvalue weighted by Crippen LogP contribution is 2.14. The second-order valence-electron chi connectivity index (χ2n) is 5.38. The molecule has 21 heavy (non-hydrogen) atoms. The van der Waals surface area contributed by atoms with Crippen molar-refractivity contribution in [2.24, 2.45) is 5.73 Å². The number of nitrogens with two attached hydrogens (primary N) is 1. The van der Waals surface area contributed by atoms with E-state index in [9.17, 15) is 4.79 Å². The van der Waals surface area contributed by atoms with Crippen LogP contribution >= 0.6 is 0 Å². The van der Waals surface area contributed by atoms with Gasteiger partial charge in [-0.15, -0.1) is 0 Å². The predicted molar refractivity (Wildman–Crippen MR) is 79.0 cm³/mol. The van der Waals surface area contributed by atoms with Crippen LogP contribution in [0.5, 0.6) is 0 Å². The summed E-state index contributed by atoms with van der Waals surface area (Å²) >= 11 is 0. The second kappa shape index (κ2) is 8.12. The number of carboxylic acid groups (broad SMARTS) is 1. The molecule has 5 nitrogen and oxygen atoms in total. The first-order chi connectivity index (χ1) is 10.1. The van der Waals surface area contributed by atoms with E-state index in [1.54, 1.807) is 0 Å². The second-order valence-corrected chi connectivity index (χ2v) is 5.38. The van der Waals surface area contributed by atoms with E-state index in [0.29, 0.717) is 19.6 Å². The van der Waals surface area contributed by atoms with Gasteiger partial charge in [-0.3, -0.25) is 4.79 Å². The van der Waals surface area contributed by atoms with Crippen molar-refractivity contribution in [1.29, 1.82) is 0 Å². The highest BCUT2D eigenvalue weighted by Gasteiger charge is 2.15. The van der Waals surface area contributed by atoms with Crippen LogP contribution in [0.3, 0.4) is 0 Å². The molecular formula is C16H23NO4. The maximum absolute atomic E-state index is 10.7. The largest absolute Gasteiger partial charge is 0.480 e. The van der Waals surface area contributed by atoms with E-state index in [-0.39, 0.29) is 6.29 Å². The summed E-state index contributed by atoms with van der Waals surface area (Å²) in [7, 11) is 0. The molecule has 1 fully saturated rings. The third-order valence-electron chi connectivity index (χ3n) is 3.64. The Kier molecular flexibility index (Phi) is 6.17. The third kappa shape index (κ3) is 5.46. The first kappa shape index (κ1) is 15.9. The Morgan fingerprint density at radius 2 is 1.81 bits per heavy atom. The van der Waals surface area contributed by atoms with Crippen LogP contribution in [0.4, 0.5) is 0 Å². The maximum atomic E-state index is 10.7. The Bertz CT molecular complexity index is 440. The molecule has 0 amide bonds. The predicted octanol–water partition coefficient (Wildman–Crippen LogP) is 1.73. The fraction of sp³-hybridized carbons (Fsp3) is 0.562. The lowest BCUT2D eigenvalue weighted by atomic mass is 10.0. The van der Waals surface area contributed by atoms with Crippen molar-refractivity contribution in [2.45, 2.75) is 44.4 Å². The minimum absolute atomic E-state index is 0.00937. The summed E-state index contributed by atoms with van der Waals surface area (Å²) < 4.78 is 10.8. The van der Waals surface area contributed by atoms with E-state index in [1.165, 1.54) is 5.56 Å². The number of carboxylic acids is 1. The van der Waals surface area contributed by atoms with Gasteiger partial charge in [0.2, 0.25) is 0 Å². The molecule has 0 spiro atoms. The van der Waals surface area contributed by atoms with Gasteiger partial charge in [0, 0.05) is 0 Å². The quantitative estimate of drug-likeness (QED) is 0.713. The summed E-state index contributed by atoms with van der Waals surface area (Å²) in [6.07, 6.45) is 4.49. The van der Waals surface area contributed by atoms with E-state index < -0.39 is 12.0 Å². The van der Waals surface area contributed by atoms with Gasteiger partial charge in [-0.2, -0.15) is 0 Å². The first-order valence-electron chi connectivity index (χ1n) is 7.44. The van der Waals surface area contributed by atoms with Gasteiger partial charge in [0.25, 0.3) is 0 Å². The van der Waals surface area contributed by atoms with Crippen molar-refractivity contribution < 1.29 is 19.4 Å². The van der Waals surface area contributed by atoms with Crippen molar-refractivity contribution in [1.82, 2.24) is 0 Å². The Morgan fingerprint density at radius 3 is 2.43 bits per heavy atom. The molecule has 1 aliphatic heterocycles. The van der Waals surface area contributed by atoms with Crippen molar-refractivity contribution in [3.63, 3.8) is 0 Å². The molecule has 1 heterocycles. The molecule has 0 aromatic heterocycles. The number of aliphatic carboxylic acids is 1. The molecule has 1 aromatic rings. The highest BCUT2D eigenvalue weighted by atomic mass is 16.7. The zero-order valence-electron chi connectivity index (χ0n) is 12.2. The molecular weight excluding hydrogens is 270 g/mol. The zero-order chi connectivity index (χ0) is 15.1. The first-order valence-corrected chi connectivity index (χ1v) is 7.44. The molecule has 116 valence electrons. The van der Waals surface area contributed by atoms with Crippen LogP contribution in [-0.4, -0.2) is 36.6 Å². The Morgan fingerprint density at radius 1 is 1.19 bits per heavy atom. The van der Waals surface area contributed by atoms with Gasteiger partial charge in [0.05, 0.1) is 13.2 Å². The topological polar surface area (TPSA) is 81.8 Å². The molecule has 3 N–H and O–H groups in total. The molecule has 0 aliphatic carbocycles. The van der Waals surface area contributed by atoms with Crippen LogP contribution in [0.1, 0.15) is 30.4 Å². The standard InChI is InChI=1S/C16H23NO4/c17-14(16(18)19)11-13-7-5-12(6-8-13)3-1-2-4-15-20-9-10-21-15/h5-8,14-15H,1-4,9-11,17H2,(H,18,19). The summed E-state index contributed by atoms with van der Waals surface area (Å²) in [5, 5.41) is 8.79. The molecule has 0 saturated carbocycles. The smallest absolute Gasteiger partial charge is 0.320 e. The number of rotatable bonds is 8. The molecule has 1 unspecified atom stereocenters. The number of benzene rings is 1. The molecule has 5 heteroatoms. The minimum atomic E-state index is -0.963. The molecule has 1 aliphatic rings. The van der Waals surface area contributed by atoms with Gasteiger partial charge in [0.1, 0.15) is 6.04 Å². The SMILES string of the molecule is NC(Cc1ccc(CCCCC2OCCO2)cc1)C(=O)O. The molecule has 0 radical (unpaired) electrons. The summed E-state index contributed by atoms with van der Waals surface area (Å²) in [4.78, 5) is 10.7. The van der Waals surface area contributed by atoms with Gasteiger partial charge in [-0.1, -0.05) is 24.3 Å². The van der Waals surface area contributed by atoms with Gasteiger partial charge in [-0.05, 0) is 43.2 Å². The Labute approximate surface area is 125 Å². The lowest BCUT2D eigenvalue weighted by Crippen LogP contribution is -2.32. The van der Waals surface area contributed by atoms with Crippen molar-refractivity contribution in [3.05, 3.63) is 35.4 Å². The monoisotopic (exact) mass is 293 g/mol. The van der Waals surface area contributed by atoms with Crippen LogP contribution in [0, 0.1) is 0 Å². The fourth-order valence-corrected chi connectivity index (χ4v) is 2.40. The summed E-state index contributed by atoms with van der Waals surface area (Å²) in [5.74, 6) is -0.963. The summed E-state index contributed by atoms with van der Waals surface area (Å²) in [6, 6.07) is 7.18. The van der Waals surface area contributed by atoms with E-state index in [0.717, 1.165) is 31.2 Å². The fourth-order valence-electron chi connectivity index (χ4n) is 2.40. The lowest BCUT2D eigenvalue weighted by Gasteiger charge is -2.09. The molecule has 0 bridgehead atoms. The Hall–Kier alpha value is -1.43. The van der Waals surface area contributed by atoms with Gasteiger partial charge in [-0.25, -0.2) is 0 Å². The van der Waals surface area contributed by atoms with Crippen LogP contribution < -0.4 is 5.73 Å². The number of unbranched alkanes of at least 4 members (excludes halogenated alkanes) is 1. The third-order valence-corrected chi connectivity index (χ3v) is 3.64. The number of ether oxygens (including phenoxy) is 2. The van der Waals surface area contributed by atoms with Crippen LogP contribution in [0.15, 0.2) is 24.3 Å². The highest BCUT2D eigenvalue weighted by molar-refractivity contribution is 5.73. The van der Waals surface area contributed by atoms with E-state index in [1.807, 2.05) is 24.3 Å². The normalized spacial score (nSPS) is 17.0. The van der Waals surface area contributed by atoms with Crippen LogP contribution in [0.25, 0.3) is 0 Å². The van der Waals surface area contributed by atoms with E-state index >= 15 is 0 Å².